The lowest BCUT2D eigenvalue weighted by atomic mass is 10.1. The lowest BCUT2D eigenvalue weighted by Gasteiger charge is -2.23. The second-order valence-corrected chi connectivity index (χ2v) is 6.86. The fourth-order valence-corrected chi connectivity index (χ4v) is 3.59. The third kappa shape index (κ3) is 6.28. The molecule has 1 aromatic rings. The normalized spacial score (nSPS) is 18.4. The minimum Gasteiger partial charge on any atom is -0.339 e. The van der Waals surface area contributed by atoms with Crippen molar-refractivity contribution in [2.75, 3.05) is 16.6 Å². The Hall–Kier alpha value is -0.850. The lowest BCUT2D eigenvalue weighted by Crippen LogP contribution is -2.33. The Morgan fingerprint density at radius 3 is 2.00 bits per heavy atom. The zero-order chi connectivity index (χ0) is 16.3. The van der Waals surface area contributed by atoms with Crippen molar-refractivity contribution < 1.29 is 4.79 Å². The average Bonchev–Trinajstić information content (AvgIpc) is 2.62. The van der Waals surface area contributed by atoms with Gasteiger partial charge in [-0.2, -0.15) is 0 Å². The molecule has 0 bridgehead atoms. The van der Waals surface area contributed by atoms with Crippen molar-refractivity contribution in [3.63, 3.8) is 0 Å². The maximum Gasteiger partial charge on any atom is 0.257 e. The summed E-state index contributed by atoms with van der Waals surface area (Å²) in [5.41, 5.74) is 0.686. The van der Waals surface area contributed by atoms with Crippen LogP contribution < -0.4 is 3.53 Å². The van der Waals surface area contributed by atoms with Gasteiger partial charge in [-0.15, -0.1) is 0 Å². The molecule has 2 heterocycles. The standard InChI is InChI=1S/C18H28IN3O/c19-21-17-16(12-11-13-20-17)18(23)22-14-9-7-5-3-1-2-4-6-8-10-15-22/h11-13H,1-10,14-15H2,(H,20,21). The fraction of sp³-hybridized carbons (Fsp3) is 0.667. The average molecular weight is 429 g/mol. The minimum absolute atomic E-state index is 0.118. The maximum absolute atomic E-state index is 12.9. The molecular formula is C18H28IN3O. The highest BCUT2D eigenvalue weighted by Crippen LogP contribution is 2.18. The molecule has 1 aromatic heterocycles. The number of carbonyl (C=O) groups is 1. The van der Waals surface area contributed by atoms with Gasteiger partial charge in [0.2, 0.25) is 0 Å². The predicted molar refractivity (Wildman–Crippen MR) is 104 cm³/mol. The molecule has 0 saturated carbocycles. The molecule has 0 radical (unpaired) electrons. The Kier molecular flexibility index (Phi) is 8.71. The molecule has 1 amide bonds. The molecule has 1 fully saturated rings. The van der Waals surface area contributed by atoms with Gasteiger partial charge >= 0.3 is 0 Å². The summed E-state index contributed by atoms with van der Waals surface area (Å²) in [5.74, 6) is 0.785. The van der Waals surface area contributed by atoms with Crippen LogP contribution in [0, 0.1) is 0 Å². The Morgan fingerprint density at radius 2 is 1.48 bits per heavy atom. The molecule has 5 heteroatoms. The summed E-state index contributed by atoms with van der Waals surface area (Å²) in [5, 5.41) is 0. The van der Waals surface area contributed by atoms with Crippen molar-refractivity contribution in [1.82, 2.24) is 9.88 Å². The molecule has 0 aromatic carbocycles. The first kappa shape index (κ1) is 18.5. The summed E-state index contributed by atoms with van der Waals surface area (Å²) in [4.78, 5) is 19.2. The number of pyridine rings is 1. The highest BCUT2D eigenvalue weighted by atomic mass is 127. The van der Waals surface area contributed by atoms with Crippen LogP contribution in [-0.2, 0) is 0 Å². The van der Waals surface area contributed by atoms with Gasteiger partial charge in [0.25, 0.3) is 5.91 Å². The van der Waals surface area contributed by atoms with Crippen molar-refractivity contribution in [2.45, 2.75) is 64.2 Å². The number of halogens is 1. The largest absolute Gasteiger partial charge is 0.339 e. The molecule has 2 rings (SSSR count). The molecule has 1 aliphatic heterocycles. The van der Waals surface area contributed by atoms with Crippen LogP contribution in [0.15, 0.2) is 18.3 Å². The summed E-state index contributed by atoms with van der Waals surface area (Å²) in [6.07, 6.45) is 14.5. The van der Waals surface area contributed by atoms with Crippen LogP contribution in [0.5, 0.6) is 0 Å². The van der Waals surface area contributed by atoms with E-state index in [0.29, 0.717) is 11.4 Å². The summed E-state index contributed by atoms with van der Waals surface area (Å²) in [6.45, 7) is 1.74. The highest BCUT2D eigenvalue weighted by molar-refractivity contribution is 14.1. The van der Waals surface area contributed by atoms with E-state index in [1.165, 1.54) is 51.4 Å². The number of anilines is 1. The third-order valence-corrected chi connectivity index (χ3v) is 5.03. The van der Waals surface area contributed by atoms with Gasteiger partial charge in [-0.3, -0.25) is 4.79 Å². The van der Waals surface area contributed by atoms with Gasteiger partial charge in [-0.05, 0) is 25.0 Å². The van der Waals surface area contributed by atoms with Crippen LogP contribution in [0.1, 0.15) is 74.6 Å². The molecule has 0 spiro atoms. The van der Waals surface area contributed by atoms with E-state index in [0.717, 1.165) is 25.9 Å². The van der Waals surface area contributed by atoms with E-state index < -0.39 is 0 Å². The van der Waals surface area contributed by atoms with Crippen molar-refractivity contribution in [3.8, 4) is 0 Å². The lowest BCUT2D eigenvalue weighted by molar-refractivity contribution is 0.0750. The maximum atomic E-state index is 12.9. The number of hydrogen-bond acceptors (Lipinski definition) is 3. The third-order valence-electron chi connectivity index (χ3n) is 4.52. The van der Waals surface area contributed by atoms with Gasteiger partial charge in [0.05, 0.1) is 28.4 Å². The number of nitrogens with one attached hydrogen (secondary N) is 1. The SMILES string of the molecule is O=C(c1cccnc1NI)N1CCCCCCCCCCCC1. The molecule has 1 N–H and O–H groups in total. The monoisotopic (exact) mass is 429 g/mol. The zero-order valence-corrected chi connectivity index (χ0v) is 16.1. The number of carbonyl (C=O) groups excluding carboxylic acids is 1. The van der Waals surface area contributed by atoms with Gasteiger partial charge in [-0.25, -0.2) is 4.98 Å². The molecule has 1 saturated heterocycles. The number of rotatable bonds is 2. The van der Waals surface area contributed by atoms with Gasteiger partial charge in [-0.1, -0.05) is 51.4 Å². The predicted octanol–water partition coefficient (Wildman–Crippen LogP) is 5.20. The summed E-state index contributed by atoms with van der Waals surface area (Å²) >= 11 is 2.04. The smallest absolute Gasteiger partial charge is 0.257 e. The topological polar surface area (TPSA) is 45.2 Å². The first-order chi connectivity index (χ1) is 11.3. The molecular weight excluding hydrogens is 401 g/mol. The van der Waals surface area contributed by atoms with E-state index in [1.807, 2.05) is 39.9 Å². The quantitative estimate of drug-likeness (QED) is 0.519. The van der Waals surface area contributed by atoms with E-state index in [-0.39, 0.29) is 5.91 Å². The van der Waals surface area contributed by atoms with E-state index in [9.17, 15) is 4.79 Å². The molecule has 0 unspecified atom stereocenters. The molecule has 0 atom stereocenters. The Labute approximate surface area is 153 Å². The van der Waals surface area contributed by atoms with Crippen LogP contribution in [0.4, 0.5) is 5.82 Å². The van der Waals surface area contributed by atoms with E-state index >= 15 is 0 Å². The molecule has 23 heavy (non-hydrogen) atoms. The molecule has 128 valence electrons. The Morgan fingerprint density at radius 1 is 0.957 bits per heavy atom. The highest BCUT2D eigenvalue weighted by Gasteiger charge is 2.19. The van der Waals surface area contributed by atoms with Crippen LogP contribution in [-0.4, -0.2) is 28.9 Å². The summed E-state index contributed by atoms with van der Waals surface area (Å²) < 4.78 is 3.00. The van der Waals surface area contributed by atoms with Crippen LogP contribution in [0.25, 0.3) is 0 Å². The first-order valence-corrected chi connectivity index (χ1v) is 10.0. The zero-order valence-electron chi connectivity index (χ0n) is 13.9. The second-order valence-electron chi connectivity index (χ2n) is 6.32. The number of hydrogen-bond donors (Lipinski definition) is 1. The van der Waals surface area contributed by atoms with Gasteiger partial charge < -0.3 is 8.43 Å². The van der Waals surface area contributed by atoms with E-state index in [1.54, 1.807) is 6.20 Å². The fourth-order valence-electron chi connectivity index (χ4n) is 3.16. The molecule has 0 aliphatic carbocycles. The van der Waals surface area contributed by atoms with Crippen molar-refractivity contribution >= 4 is 34.6 Å². The van der Waals surface area contributed by atoms with Gasteiger partial charge in [0.15, 0.2) is 0 Å². The van der Waals surface area contributed by atoms with Crippen molar-refractivity contribution in [3.05, 3.63) is 23.9 Å². The Bertz CT molecular complexity index is 467. The number of aromatic nitrogens is 1. The van der Waals surface area contributed by atoms with Gasteiger partial charge in [0.1, 0.15) is 5.82 Å². The van der Waals surface area contributed by atoms with E-state index in [4.69, 9.17) is 0 Å². The first-order valence-electron chi connectivity index (χ1n) is 8.94. The van der Waals surface area contributed by atoms with Crippen LogP contribution >= 0.6 is 22.9 Å². The summed E-state index contributed by atoms with van der Waals surface area (Å²) in [6, 6.07) is 3.71. The second kappa shape index (κ2) is 10.8. The number of amides is 1. The van der Waals surface area contributed by atoms with Crippen molar-refractivity contribution in [1.29, 1.82) is 0 Å². The number of nitrogens with zero attached hydrogens (tertiary/aromatic N) is 2. The van der Waals surface area contributed by atoms with Crippen LogP contribution in [0.2, 0.25) is 0 Å². The van der Waals surface area contributed by atoms with Crippen LogP contribution in [0.3, 0.4) is 0 Å². The van der Waals surface area contributed by atoms with Crippen molar-refractivity contribution in [2.24, 2.45) is 0 Å². The molecule has 4 nitrogen and oxygen atoms in total. The summed E-state index contributed by atoms with van der Waals surface area (Å²) in [7, 11) is 0. The minimum atomic E-state index is 0.118. The Balaban J connectivity index is 2.01. The van der Waals surface area contributed by atoms with Gasteiger partial charge in [0, 0.05) is 19.3 Å². The molecule has 1 aliphatic rings. The van der Waals surface area contributed by atoms with E-state index in [2.05, 4.69) is 8.51 Å².